The number of carbonyl (C=O) groups is 1. The molecule has 2 unspecified atom stereocenters. The number of rotatable bonds is 3. The number of carbonyl (C=O) groups excluding carboxylic acids is 1. The normalized spacial score (nSPS) is 22.3. The van der Waals surface area contributed by atoms with E-state index < -0.39 is 0 Å². The number of para-hydroxylation sites is 1. The second-order valence-corrected chi connectivity index (χ2v) is 5.71. The minimum Gasteiger partial charge on any atom is -0.459 e. The van der Waals surface area contributed by atoms with Crippen LogP contribution in [0, 0.1) is 5.92 Å². The number of hydrogen-bond donors (Lipinski definition) is 1. The molecule has 1 aliphatic carbocycles. The van der Waals surface area contributed by atoms with Gasteiger partial charge in [-0.3, -0.25) is 4.79 Å². The fourth-order valence-electron chi connectivity index (χ4n) is 2.98. The molecular formula is C16H20N2O2. The Labute approximate surface area is 118 Å². The van der Waals surface area contributed by atoms with E-state index in [-0.39, 0.29) is 17.9 Å². The van der Waals surface area contributed by atoms with Gasteiger partial charge in [-0.15, -0.1) is 0 Å². The van der Waals surface area contributed by atoms with E-state index in [9.17, 15) is 4.79 Å². The molecule has 0 radical (unpaired) electrons. The first kappa shape index (κ1) is 13.2. The first-order chi connectivity index (χ1) is 9.63. The number of nitrogens with two attached hydrogens (primary N) is 1. The highest BCUT2D eigenvalue weighted by Crippen LogP contribution is 2.27. The van der Waals surface area contributed by atoms with Crippen LogP contribution in [-0.4, -0.2) is 23.9 Å². The van der Waals surface area contributed by atoms with Crippen LogP contribution in [0.5, 0.6) is 0 Å². The molecule has 0 aliphatic heterocycles. The SMILES string of the molecule is CN(Cc1cc2ccccc2o1)C(=O)C1CCC(N)C1. The molecule has 0 saturated heterocycles. The van der Waals surface area contributed by atoms with E-state index in [1.165, 1.54) is 0 Å². The highest BCUT2D eigenvalue weighted by Gasteiger charge is 2.30. The fourth-order valence-corrected chi connectivity index (χ4v) is 2.98. The Kier molecular flexibility index (Phi) is 3.49. The summed E-state index contributed by atoms with van der Waals surface area (Å²) < 4.78 is 5.75. The lowest BCUT2D eigenvalue weighted by Crippen LogP contribution is -2.32. The standard InChI is InChI=1S/C16H20N2O2/c1-18(16(19)12-6-7-13(17)8-12)10-14-9-11-4-2-3-5-15(11)20-14/h2-5,9,12-13H,6-8,10,17H2,1H3. The molecule has 20 heavy (non-hydrogen) atoms. The molecule has 4 heteroatoms. The monoisotopic (exact) mass is 272 g/mol. The molecule has 2 atom stereocenters. The zero-order chi connectivity index (χ0) is 14.1. The molecule has 3 rings (SSSR count). The van der Waals surface area contributed by atoms with Gasteiger partial charge in [0.15, 0.2) is 0 Å². The van der Waals surface area contributed by atoms with Crippen LogP contribution in [0.15, 0.2) is 34.7 Å². The number of benzene rings is 1. The van der Waals surface area contributed by atoms with Crippen LogP contribution in [0.4, 0.5) is 0 Å². The topological polar surface area (TPSA) is 59.5 Å². The summed E-state index contributed by atoms with van der Waals surface area (Å²) in [7, 11) is 1.83. The molecule has 4 nitrogen and oxygen atoms in total. The minimum atomic E-state index is 0.0828. The Bertz CT molecular complexity index is 587. The van der Waals surface area contributed by atoms with Gasteiger partial charge in [0.05, 0.1) is 6.54 Å². The Hall–Kier alpha value is -1.81. The molecular weight excluding hydrogens is 252 g/mol. The van der Waals surface area contributed by atoms with Gasteiger partial charge in [-0.25, -0.2) is 0 Å². The fraction of sp³-hybridized carbons (Fsp3) is 0.438. The summed E-state index contributed by atoms with van der Waals surface area (Å²) in [6.07, 6.45) is 2.67. The second-order valence-electron chi connectivity index (χ2n) is 5.71. The lowest BCUT2D eigenvalue weighted by Gasteiger charge is -2.19. The molecule has 2 N–H and O–H groups in total. The molecule has 1 heterocycles. The predicted molar refractivity (Wildman–Crippen MR) is 78.0 cm³/mol. The molecule has 1 fully saturated rings. The Morgan fingerprint density at radius 3 is 2.90 bits per heavy atom. The zero-order valence-corrected chi connectivity index (χ0v) is 11.7. The molecule has 2 aromatic rings. The number of amides is 1. The third-order valence-electron chi connectivity index (χ3n) is 4.07. The summed E-state index contributed by atoms with van der Waals surface area (Å²) in [4.78, 5) is 14.1. The smallest absolute Gasteiger partial charge is 0.225 e. The Balaban J connectivity index is 1.68. The molecule has 1 saturated carbocycles. The van der Waals surface area contributed by atoms with Crippen molar-refractivity contribution in [2.45, 2.75) is 31.8 Å². The van der Waals surface area contributed by atoms with Crippen molar-refractivity contribution in [3.05, 3.63) is 36.1 Å². The summed E-state index contributed by atoms with van der Waals surface area (Å²) >= 11 is 0. The van der Waals surface area contributed by atoms with Crippen molar-refractivity contribution >= 4 is 16.9 Å². The van der Waals surface area contributed by atoms with E-state index in [0.717, 1.165) is 36.0 Å². The van der Waals surface area contributed by atoms with Crippen LogP contribution in [-0.2, 0) is 11.3 Å². The highest BCUT2D eigenvalue weighted by atomic mass is 16.3. The molecule has 0 spiro atoms. The van der Waals surface area contributed by atoms with Gasteiger partial charge in [0.25, 0.3) is 0 Å². The first-order valence-corrected chi connectivity index (χ1v) is 7.11. The van der Waals surface area contributed by atoms with Crippen molar-refractivity contribution in [2.75, 3.05) is 7.05 Å². The van der Waals surface area contributed by atoms with Gasteiger partial charge in [-0.1, -0.05) is 18.2 Å². The van der Waals surface area contributed by atoms with Crippen LogP contribution in [0.2, 0.25) is 0 Å². The van der Waals surface area contributed by atoms with E-state index in [1.54, 1.807) is 4.90 Å². The maximum absolute atomic E-state index is 12.3. The van der Waals surface area contributed by atoms with E-state index in [1.807, 2.05) is 37.4 Å². The lowest BCUT2D eigenvalue weighted by molar-refractivity contribution is -0.134. The minimum absolute atomic E-state index is 0.0828. The largest absolute Gasteiger partial charge is 0.459 e. The molecule has 1 amide bonds. The second kappa shape index (κ2) is 5.29. The summed E-state index contributed by atoms with van der Waals surface area (Å²) in [5, 5.41) is 1.08. The van der Waals surface area contributed by atoms with E-state index in [0.29, 0.717) is 6.54 Å². The molecule has 0 bridgehead atoms. The van der Waals surface area contributed by atoms with E-state index >= 15 is 0 Å². The summed E-state index contributed by atoms with van der Waals surface area (Å²) in [6, 6.07) is 10.1. The molecule has 106 valence electrons. The number of nitrogens with zero attached hydrogens (tertiary/aromatic N) is 1. The van der Waals surface area contributed by atoms with Crippen molar-refractivity contribution in [3.63, 3.8) is 0 Å². The average molecular weight is 272 g/mol. The number of hydrogen-bond acceptors (Lipinski definition) is 3. The molecule has 1 aromatic heterocycles. The van der Waals surface area contributed by atoms with Crippen molar-refractivity contribution < 1.29 is 9.21 Å². The van der Waals surface area contributed by atoms with Gasteiger partial charge < -0.3 is 15.1 Å². The first-order valence-electron chi connectivity index (χ1n) is 7.11. The molecule has 1 aliphatic rings. The number of furan rings is 1. The quantitative estimate of drug-likeness (QED) is 0.934. The van der Waals surface area contributed by atoms with Crippen LogP contribution in [0.1, 0.15) is 25.0 Å². The lowest BCUT2D eigenvalue weighted by atomic mass is 10.1. The summed E-state index contributed by atoms with van der Waals surface area (Å²) in [5.74, 6) is 1.09. The Morgan fingerprint density at radius 1 is 1.40 bits per heavy atom. The summed E-state index contributed by atoms with van der Waals surface area (Å²) in [6.45, 7) is 0.513. The van der Waals surface area contributed by atoms with Gasteiger partial charge in [0.1, 0.15) is 11.3 Å². The van der Waals surface area contributed by atoms with Crippen molar-refractivity contribution in [3.8, 4) is 0 Å². The van der Waals surface area contributed by atoms with E-state index in [4.69, 9.17) is 10.2 Å². The van der Waals surface area contributed by atoms with Crippen molar-refractivity contribution in [1.82, 2.24) is 4.90 Å². The van der Waals surface area contributed by atoms with Crippen LogP contribution >= 0.6 is 0 Å². The van der Waals surface area contributed by atoms with Crippen molar-refractivity contribution in [2.24, 2.45) is 11.7 Å². The van der Waals surface area contributed by atoms with Gasteiger partial charge in [-0.05, 0) is 31.4 Å². The van der Waals surface area contributed by atoms with E-state index in [2.05, 4.69) is 0 Å². The maximum atomic E-state index is 12.3. The molecule has 1 aromatic carbocycles. The van der Waals surface area contributed by atoms with Crippen LogP contribution in [0.25, 0.3) is 11.0 Å². The van der Waals surface area contributed by atoms with Gasteiger partial charge in [0.2, 0.25) is 5.91 Å². The predicted octanol–water partition coefficient (Wildman–Crippen LogP) is 2.52. The van der Waals surface area contributed by atoms with Crippen LogP contribution in [0.3, 0.4) is 0 Å². The van der Waals surface area contributed by atoms with Gasteiger partial charge in [0, 0.05) is 24.4 Å². The van der Waals surface area contributed by atoms with Gasteiger partial charge in [-0.2, -0.15) is 0 Å². The summed E-state index contributed by atoms with van der Waals surface area (Å²) in [5.41, 5.74) is 6.74. The Morgan fingerprint density at radius 2 is 2.20 bits per heavy atom. The average Bonchev–Trinajstić information content (AvgIpc) is 3.03. The van der Waals surface area contributed by atoms with Crippen LogP contribution < -0.4 is 5.73 Å². The highest BCUT2D eigenvalue weighted by molar-refractivity contribution is 5.80. The zero-order valence-electron chi connectivity index (χ0n) is 11.7. The van der Waals surface area contributed by atoms with Crippen molar-refractivity contribution in [1.29, 1.82) is 0 Å². The third-order valence-corrected chi connectivity index (χ3v) is 4.07. The maximum Gasteiger partial charge on any atom is 0.225 e. The third kappa shape index (κ3) is 2.56. The van der Waals surface area contributed by atoms with Gasteiger partial charge >= 0.3 is 0 Å². The number of fused-ring (bicyclic) bond motifs is 1.